The number of nitrogens with zero attached hydrogens (tertiary/aromatic N) is 4. The summed E-state index contributed by atoms with van der Waals surface area (Å²) in [6.07, 6.45) is 1.68. The molecule has 25 heavy (non-hydrogen) atoms. The smallest absolute Gasteiger partial charge is 0.256 e. The third-order valence-electron chi connectivity index (χ3n) is 3.98. The Morgan fingerprint density at radius 3 is 2.40 bits per heavy atom. The van der Waals surface area contributed by atoms with Gasteiger partial charge in [0.05, 0.1) is 27.7 Å². The molecule has 7 heteroatoms. The summed E-state index contributed by atoms with van der Waals surface area (Å²) < 4.78 is 4.63. The van der Waals surface area contributed by atoms with Crippen molar-refractivity contribution in [1.29, 1.82) is 0 Å². The number of carbonyl (C=O) groups is 1. The van der Waals surface area contributed by atoms with Crippen LogP contribution >= 0.6 is 15.9 Å². The summed E-state index contributed by atoms with van der Waals surface area (Å²) in [5.41, 5.74) is 3.45. The van der Waals surface area contributed by atoms with Gasteiger partial charge in [-0.15, -0.1) is 0 Å². The van der Waals surface area contributed by atoms with Crippen molar-refractivity contribution < 1.29 is 4.79 Å². The first-order chi connectivity index (χ1) is 11.9. The number of benzene rings is 1. The summed E-state index contributed by atoms with van der Waals surface area (Å²) in [5, 5.41) is 11.6. The quantitative estimate of drug-likeness (QED) is 0.709. The second-order valence-electron chi connectivity index (χ2n) is 6.15. The molecule has 1 aromatic carbocycles. The summed E-state index contributed by atoms with van der Waals surface area (Å²) in [4.78, 5) is 12.5. The molecule has 3 rings (SSSR count). The number of carbonyl (C=O) groups excluding carboxylic acids is 1. The first-order valence-corrected chi connectivity index (χ1v) is 8.85. The SMILES string of the molecule is Cc1nn(-c2ccc(C(=O)Nc3ccnn3C(C)C)cc2)c(C)c1Br. The van der Waals surface area contributed by atoms with Crippen LogP contribution in [0.1, 0.15) is 41.6 Å². The second kappa shape index (κ2) is 6.84. The zero-order valence-electron chi connectivity index (χ0n) is 14.6. The zero-order valence-corrected chi connectivity index (χ0v) is 16.2. The fourth-order valence-corrected chi connectivity index (χ4v) is 2.89. The van der Waals surface area contributed by atoms with Crippen LogP contribution in [0.25, 0.3) is 5.69 Å². The van der Waals surface area contributed by atoms with Crippen molar-refractivity contribution in [3.63, 3.8) is 0 Å². The molecule has 0 saturated heterocycles. The first kappa shape index (κ1) is 17.4. The van der Waals surface area contributed by atoms with E-state index < -0.39 is 0 Å². The maximum Gasteiger partial charge on any atom is 0.256 e. The molecule has 2 aromatic heterocycles. The van der Waals surface area contributed by atoms with Crippen molar-refractivity contribution in [2.45, 2.75) is 33.7 Å². The lowest BCUT2D eigenvalue weighted by Crippen LogP contribution is -2.16. The number of nitrogens with one attached hydrogen (secondary N) is 1. The minimum Gasteiger partial charge on any atom is -0.307 e. The average molecular weight is 402 g/mol. The molecule has 1 amide bonds. The molecular formula is C18H20BrN5O. The fourth-order valence-electron chi connectivity index (χ4n) is 2.64. The summed E-state index contributed by atoms with van der Waals surface area (Å²) in [6, 6.07) is 9.34. The van der Waals surface area contributed by atoms with E-state index in [-0.39, 0.29) is 11.9 Å². The van der Waals surface area contributed by atoms with E-state index in [4.69, 9.17) is 0 Å². The van der Waals surface area contributed by atoms with Crippen molar-refractivity contribution >= 4 is 27.7 Å². The fraction of sp³-hybridized carbons (Fsp3) is 0.278. The first-order valence-electron chi connectivity index (χ1n) is 8.05. The van der Waals surface area contributed by atoms with Crippen molar-refractivity contribution in [3.8, 4) is 5.69 Å². The Balaban J connectivity index is 1.81. The van der Waals surface area contributed by atoms with Crippen LogP contribution in [-0.4, -0.2) is 25.5 Å². The molecule has 2 heterocycles. The lowest BCUT2D eigenvalue weighted by molar-refractivity contribution is 0.102. The molecule has 0 spiro atoms. The molecule has 130 valence electrons. The standard InChI is InChI=1S/C18H20BrN5O/c1-11(2)23-16(9-10-20-23)21-18(25)14-5-7-15(8-6-14)24-13(4)17(19)12(3)22-24/h5-11H,1-4H3,(H,21,25). The van der Waals surface area contributed by atoms with Crippen LogP contribution in [0.3, 0.4) is 0 Å². The van der Waals surface area contributed by atoms with E-state index in [1.165, 1.54) is 0 Å². The lowest BCUT2D eigenvalue weighted by Gasteiger charge is -2.12. The lowest BCUT2D eigenvalue weighted by atomic mass is 10.2. The monoisotopic (exact) mass is 401 g/mol. The number of halogens is 1. The summed E-state index contributed by atoms with van der Waals surface area (Å²) in [6.45, 7) is 7.99. The number of hydrogen-bond donors (Lipinski definition) is 1. The molecule has 3 aromatic rings. The molecule has 0 aliphatic carbocycles. The van der Waals surface area contributed by atoms with Crippen molar-refractivity contribution in [1.82, 2.24) is 19.6 Å². The van der Waals surface area contributed by atoms with Crippen LogP contribution in [-0.2, 0) is 0 Å². The van der Waals surface area contributed by atoms with Gasteiger partial charge in [0, 0.05) is 17.7 Å². The Labute approximate surface area is 155 Å². The van der Waals surface area contributed by atoms with E-state index in [9.17, 15) is 4.79 Å². The molecule has 0 unspecified atom stereocenters. The van der Waals surface area contributed by atoms with Crippen molar-refractivity contribution in [2.75, 3.05) is 5.32 Å². The third-order valence-corrected chi connectivity index (χ3v) is 5.13. The number of hydrogen-bond acceptors (Lipinski definition) is 3. The minimum atomic E-state index is -0.163. The van der Waals surface area contributed by atoms with Gasteiger partial charge in [0.25, 0.3) is 5.91 Å². The predicted molar refractivity (Wildman–Crippen MR) is 101 cm³/mol. The number of aryl methyl sites for hydroxylation is 1. The van der Waals surface area contributed by atoms with E-state index in [1.807, 2.05) is 44.5 Å². The molecule has 0 bridgehead atoms. The van der Waals surface area contributed by atoms with Gasteiger partial charge in [-0.3, -0.25) is 4.79 Å². The highest BCUT2D eigenvalue weighted by atomic mass is 79.9. The average Bonchev–Trinajstić information content (AvgIpc) is 3.15. The second-order valence-corrected chi connectivity index (χ2v) is 6.95. The summed E-state index contributed by atoms with van der Waals surface area (Å²) in [5.74, 6) is 0.523. The van der Waals surface area contributed by atoms with Crippen molar-refractivity contribution in [3.05, 3.63) is 58.0 Å². The molecule has 1 N–H and O–H groups in total. The molecular weight excluding hydrogens is 382 g/mol. The molecule has 0 fully saturated rings. The van der Waals surface area contributed by atoms with Gasteiger partial charge < -0.3 is 5.32 Å². The van der Waals surface area contributed by atoms with E-state index >= 15 is 0 Å². The molecule has 0 atom stereocenters. The van der Waals surface area contributed by atoms with Crippen LogP contribution in [0.4, 0.5) is 5.82 Å². The number of anilines is 1. The van der Waals surface area contributed by atoms with Crippen LogP contribution in [0.2, 0.25) is 0 Å². The Hall–Kier alpha value is -2.41. The topological polar surface area (TPSA) is 64.7 Å². The van der Waals surface area contributed by atoms with Gasteiger partial charge in [0.15, 0.2) is 0 Å². The Bertz CT molecular complexity index is 908. The van der Waals surface area contributed by atoms with E-state index in [2.05, 4.69) is 31.4 Å². The van der Waals surface area contributed by atoms with Gasteiger partial charge in [0.2, 0.25) is 0 Å². The number of amides is 1. The predicted octanol–water partition coefficient (Wildman–Crippen LogP) is 4.28. The van der Waals surface area contributed by atoms with Crippen molar-refractivity contribution in [2.24, 2.45) is 0 Å². The summed E-state index contributed by atoms with van der Waals surface area (Å²) in [7, 11) is 0. The minimum absolute atomic E-state index is 0.163. The summed E-state index contributed by atoms with van der Waals surface area (Å²) >= 11 is 3.53. The van der Waals surface area contributed by atoms with Gasteiger partial charge >= 0.3 is 0 Å². The highest BCUT2D eigenvalue weighted by Gasteiger charge is 2.13. The van der Waals surface area contributed by atoms with Gasteiger partial charge in [-0.1, -0.05) is 0 Å². The van der Waals surface area contributed by atoms with Crippen LogP contribution in [0.15, 0.2) is 41.0 Å². The maximum absolute atomic E-state index is 12.5. The van der Waals surface area contributed by atoms with Crippen LogP contribution < -0.4 is 5.32 Å². The van der Waals surface area contributed by atoms with Gasteiger partial charge in [-0.2, -0.15) is 10.2 Å². The van der Waals surface area contributed by atoms with E-state index in [1.54, 1.807) is 29.1 Å². The molecule has 0 aliphatic heterocycles. The normalized spacial score (nSPS) is 11.1. The molecule has 6 nitrogen and oxygen atoms in total. The van der Waals surface area contributed by atoms with Gasteiger partial charge in [-0.25, -0.2) is 9.36 Å². The Kier molecular flexibility index (Phi) is 4.76. The molecule has 0 saturated carbocycles. The zero-order chi connectivity index (χ0) is 18.1. The molecule has 0 radical (unpaired) electrons. The third kappa shape index (κ3) is 3.37. The molecule has 0 aliphatic rings. The Morgan fingerprint density at radius 2 is 1.84 bits per heavy atom. The van der Waals surface area contributed by atoms with Crippen LogP contribution in [0.5, 0.6) is 0 Å². The van der Waals surface area contributed by atoms with Crippen LogP contribution in [0, 0.1) is 13.8 Å². The number of rotatable bonds is 4. The van der Waals surface area contributed by atoms with E-state index in [0.717, 1.165) is 21.5 Å². The maximum atomic E-state index is 12.5. The highest BCUT2D eigenvalue weighted by molar-refractivity contribution is 9.10. The highest BCUT2D eigenvalue weighted by Crippen LogP contribution is 2.23. The van der Waals surface area contributed by atoms with E-state index in [0.29, 0.717) is 11.4 Å². The largest absolute Gasteiger partial charge is 0.307 e. The van der Waals surface area contributed by atoms with Gasteiger partial charge in [-0.05, 0) is 67.9 Å². The van der Waals surface area contributed by atoms with Gasteiger partial charge in [0.1, 0.15) is 5.82 Å². The Morgan fingerprint density at radius 1 is 1.16 bits per heavy atom. The number of aromatic nitrogens is 4.